The number of β-amino-alcohol motifs (C(OH)–C–C–N with tert-alkyl or cyclic N) is 1. The Labute approximate surface area is 209 Å². The van der Waals surface area contributed by atoms with Gasteiger partial charge < -0.3 is 24.2 Å². The maximum absolute atomic E-state index is 11.6. The summed E-state index contributed by atoms with van der Waals surface area (Å²) in [6.07, 6.45) is 0.765. The van der Waals surface area contributed by atoms with Gasteiger partial charge in [0.25, 0.3) is 0 Å². The van der Waals surface area contributed by atoms with E-state index in [-0.39, 0.29) is 5.91 Å². The number of rotatable bonds is 10. The minimum absolute atomic E-state index is 0.135. The van der Waals surface area contributed by atoms with Gasteiger partial charge in [0.15, 0.2) is 11.5 Å². The summed E-state index contributed by atoms with van der Waals surface area (Å²) < 4.78 is 17.4. The first-order valence-electron chi connectivity index (χ1n) is 13.1. The lowest BCUT2D eigenvalue weighted by molar-refractivity contribution is -0.130. The first-order chi connectivity index (χ1) is 16.9. The van der Waals surface area contributed by atoms with Gasteiger partial charge in [0, 0.05) is 78.9 Å². The maximum atomic E-state index is 11.6. The van der Waals surface area contributed by atoms with E-state index in [0.717, 1.165) is 95.6 Å². The largest absolute Gasteiger partial charge is 0.490 e. The number of morpholine rings is 1. The van der Waals surface area contributed by atoms with Gasteiger partial charge in [-0.1, -0.05) is 6.07 Å². The van der Waals surface area contributed by atoms with Crippen molar-refractivity contribution in [2.75, 3.05) is 91.9 Å². The van der Waals surface area contributed by atoms with Crippen LogP contribution in [0, 0.1) is 0 Å². The van der Waals surface area contributed by atoms with E-state index in [1.165, 1.54) is 0 Å². The Bertz CT molecular complexity index is 826. The van der Waals surface area contributed by atoms with Crippen LogP contribution in [-0.2, 0) is 16.1 Å². The molecule has 3 heterocycles. The molecule has 1 amide bonds. The Morgan fingerprint density at radius 2 is 1.77 bits per heavy atom. The highest BCUT2D eigenvalue weighted by Gasteiger charge is 2.38. The number of carbonyl (C=O) groups excluding carboxylic acids is 1. The van der Waals surface area contributed by atoms with Gasteiger partial charge in [0.05, 0.1) is 25.4 Å². The first-order valence-corrected chi connectivity index (χ1v) is 13.1. The van der Waals surface area contributed by atoms with Crippen LogP contribution in [-0.4, -0.2) is 128 Å². The summed E-state index contributed by atoms with van der Waals surface area (Å²) in [5, 5.41) is 11.2. The average molecular weight is 491 g/mol. The van der Waals surface area contributed by atoms with Crippen LogP contribution in [0.15, 0.2) is 18.2 Å². The first kappa shape index (κ1) is 26.2. The number of hydrogen-bond acceptors (Lipinski definition) is 8. The van der Waals surface area contributed by atoms with Gasteiger partial charge in [-0.05, 0) is 31.0 Å². The second kappa shape index (κ2) is 12.4. The van der Waals surface area contributed by atoms with Crippen LogP contribution >= 0.6 is 0 Å². The molecule has 0 radical (unpaired) electrons. The molecule has 0 spiro atoms. The molecule has 1 aromatic rings. The Morgan fingerprint density at radius 1 is 1.00 bits per heavy atom. The Balaban J connectivity index is 1.26. The molecule has 196 valence electrons. The van der Waals surface area contributed by atoms with E-state index in [9.17, 15) is 9.90 Å². The van der Waals surface area contributed by atoms with Crippen molar-refractivity contribution in [3.63, 3.8) is 0 Å². The zero-order valence-corrected chi connectivity index (χ0v) is 21.4. The van der Waals surface area contributed by atoms with E-state index in [1.54, 1.807) is 6.92 Å². The van der Waals surface area contributed by atoms with Crippen LogP contribution in [0.1, 0.15) is 25.8 Å². The highest BCUT2D eigenvalue weighted by molar-refractivity contribution is 5.73. The van der Waals surface area contributed by atoms with Crippen LogP contribution in [0.25, 0.3) is 0 Å². The minimum atomic E-state index is -0.705. The topological polar surface area (TPSA) is 78.0 Å². The van der Waals surface area contributed by atoms with E-state index >= 15 is 0 Å². The molecule has 3 fully saturated rings. The number of hydrogen-bond donors (Lipinski definition) is 1. The molecule has 4 rings (SSSR count). The van der Waals surface area contributed by atoms with E-state index in [1.807, 2.05) is 17.9 Å². The maximum Gasteiger partial charge on any atom is 0.219 e. The quantitative estimate of drug-likeness (QED) is 0.519. The van der Waals surface area contributed by atoms with Gasteiger partial charge in [-0.2, -0.15) is 0 Å². The lowest BCUT2D eigenvalue weighted by Gasteiger charge is -2.38. The molecule has 3 aliphatic rings. The molecule has 0 saturated carbocycles. The number of piperazine rings is 1. The molecule has 1 N–H and O–H groups in total. The second-order valence-corrected chi connectivity index (χ2v) is 9.98. The van der Waals surface area contributed by atoms with Crippen molar-refractivity contribution in [3.05, 3.63) is 23.8 Å². The molecular weight excluding hydrogens is 448 g/mol. The predicted octanol–water partition coefficient (Wildman–Crippen LogP) is 0.897. The molecule has 1 atom stereocenters. The summed E-state index contributed by atoms with van der Waals surface area (Å²) in [6.45, 7) is 15.3. The Hall–Kier alpha value is -1.91. The highest BCUT2D eigenvalue weighted by Crippen LogP contribution is 2.31. The second-order valence-electron chi connectivity index (χ2n) is 9.98. The van der Waals surface area contributed by atoms with Crippen LogP contribution in [0.4, 0.5) is 0 Å². The number of nitrogens with zero attached hydrogens (tertiary/aromatic N) is 4. The molecular formula is C26H42N4O5. The third-order valence-corrected chi connectivity index (χ3v) is 7.23. The normalized spacial score (nSPS) is 24.6. The summed E-state index contributed by atoms with van der Waals surface area (Å²) in [6, 6.07) is 6.19. The third kappa shape index (κ3) is 7.54. The molecule has 0 aromatic heterocycles. The van der Waals surface area contributed by atoms with E-state index < -0.39 is 5.60 Å². The van der Waals surface area contributed by atoms with Crippen molar-refractivity contribution < 1.29 is 24.1 Å². The smallest absolute Gasteiger partial charge is 0.219 e. The van der Waals surface area contributed by atoms with Crippen molar-refractivity contribution in [3.8, 4) is 11.5 Å². The standard InChI is InChI=1S/C26H42N4O5/c1-3-34-25-18-23(4-5-24(25)35-17-14-27-12-15-33-16-13-27)19-29-7-6-26(32,21-29)20-28-8-10-30(11-9-28)22(2)31/h4-5,18,32H,3,6-17,19-21H2,1-2H3. The zero-order chi connectivity index (χ0) is 24.7. The lowest BCUT2D eigenvalue weighted by atomic mass is 10.0. The van der Waals surface area contributed by atoms with Crippen LogP contribution < -0.4 is 9.47 Å². The number of likely N-dealkylation sites (tertiary alicyclic amines) is 1. The van der Waals surface area contributed by atoms with Crippen molar-refractivity contribution in [1.82, 2.24) is 19.6 Å². The summed E-state index contributed by atoms with van der Waals surface area (Å²) >= 11 is 0. The van der Waals surface area contributed by atoms with E-state index in [4.69, 9.17) is 14.2 Å². The zero-order valence-electron chi connectivity index (χ0n) is 21.4. The van der Waals surface area contributed by atoms with Crippen molar-refractivity contribution in [2.24, 2.45) is 0 Å². The highest BCUT2D eigenvalue weighted by atomic mass is 16.5. The third-order valence-electron chi connectivity index (χ3n) is 7.23. The molecule has 0 aliphatic carbocycles. The fourth-order valence-corrected chi connectivity index (χ4v) is 5.25. The van der Waals surface area contributed by atoms with Gasteiger partial charge in [-0.25, -0.2) is 0 Å². The number of ether oxygens (including phenoxy) is 3. The summed E-state index contributed by atoms with van der Waals surface area (Å²) in [5.74, 6) is 1.70. The van der Waals surface area contributed by atoms with Crippen molar-refractivity contribution in [1.29, 1.82) is 0 Å². The minimum Gasteiger partial charge on any atom is -0.490 e. The molecule has 0 bridgehead atoms. The molecule has 1 aromatic carbocycles. The Morgan fingerprint density at radius 3 is 2.49 bits per heavy atom. The summed E-state index contributed by atoms with van der Waals surface area (Å²) in [4.78, 5) is 20.4. The fraction of sp³-hybridized carbons (Fsp3) is 0.731. The molecule has 1 unspecified atom stereocenters. The van der Waals surface area contributed by atoms with Gasteiger partial charge in [-0.3, -0.25) is 19.5 Å². The molecule has 9 heteroatoms. The summed E-state index contributed by atoms with van der Waals surface area (Å²) in [5.41, 5.74) is 0.456. The molecule has 3 aliphatic heterocycles. The number of benzene rings is 1. The van der Waals surface area contributed by atoms with E-state index in [0.29, 0.717) is 26.3 Å². The SMILES string of the molecule is CCOc1cc(CN2CCC(O)(CN3CCN(C(C)=O)CC3)C2)ccc1OCCN1CCOCC1. The van der Waals surface area contributed by atoms with Gasteiger partial charge >= 0.3 is 0 Å². The van der Waals surface area contributed by atoms with Gasteiger partial charge in [0.1, 0.15) is 6.61 Å². The van der Waals surface area contributed by atoms with E-state index in [2.05, 4.69) is 26.8 Å². The molecule has 9 nitrogen and oxygen atoms in total. The molecule has 3 saturated heterocycles. The van der Waals surface area contributed by atoms with Gasteiger partial charge in [-0.15, -0.1) is 0 Å². The van der Waals surface area contributed by atoms with Gasteiger partial charge in [0.2, 0.25) is 5.91 Å². The fourth-order valence-electron chi connectivity index (χ4n) is 5.25. The van der Waals surface area contributed by atoms with Crippen LogP contribution in [0.2, 0.25) is 0 Å². The number of carbonyl (C=O) groups is 1. The van der Waals surface area contributed by atoms with Crippen LogP contribution in [0.5, 0.6) is 11.5 Å². The predicted molar refractivity (Wildman–Crippen MR) is 134 cm³/mol. The lowest BCUT2D eigenvalue weighted by Crippen LogP contribution is -2.53. The monoisotopic (exact) mass is 490 g/mol. The molecule has 35 heavy (non-hydrogen) atoms. The number of aliphatic hydroxyl groups is 1. The van der Waals surface area contributed by atoms with Crippen molar-refractivity contribution in [2.45, 2.75) is 32.4 Å². The van der Waals surface area contributed by atoms with Crippen LogP contribution in [0.3, 0.4) is 0 Å². The summed E-state index contributed by atoms with van der Waals surface area (Å²) in [7, 11) is 0. The number of amides is 1. The van der Waals surface area contributed by atoms with Crippen molar-refractivity contribution >= 4 is 5.91 Å². The Kier molecular flexibility index (Phi) is 9.24. The average Bonchev–Trinajstić information content (AvgIpc) is 3.21.